The lowest BCUT2D eigenvalue weighted by Crippen LogP contribution is -2.40. The summed E-state index contributed by atoms with van der Waals surface area (Å²) in [6, 6.07) is 4.07. The topological polar surface area (TPSA) is 72.0 Å². The average Bonchev–Trinajstić information content (AvgIpc) is 2.78. The van der Waals surface area contributed by atoms with Crippen molar-refractivity contribution >= 4 is 20.9 Å². The maximum absolute atomic E-state index is 11.2. The van der Waals surface area contributed by atoms with Crippen LogP contribution >= 0.6 is 0 Å². The minimum absolute atomic E-state index is 0.0838. The number of aromatic amines is 1. The van der Waals surface area contributed by atoms with Gasteiger partial charge >= 0.3 is 0 Å². The van der Waals surface area contributed by atoms with Crippen LogP contribution in [0.2, 0.25) is 0 Å². The third-order valence-electron chi connectivity index (χ3n) is 3.74. The number of hydrogen-bond donors (Lipinski definition) is 1. The quantitative estimate of drug-likeness (QED) is 0.944. The van der Waals surface area contributed by atoms with E-state index in [1.165, 1.54) is 0 Å². The Bertz CT molecular complexity index is 760. The number of nitrogens with zero attached hydrogens (tertiary/aromatic N) is 1. The zero-order valence-corrected chi connectivity index (χ0v) is 13.3. The summed E-state index contributed by atoms with van der Waals surface area (Å²) < 4.78 is 28.2. The first-order chi connectivity index (χ1) is 9.74. The largest absolute Gasteiger partial charge is 0.477 e. The summed E-state index contributed by atoms with van der Waals surface area (Å²) in [5.41, 5.74) is 1.75. The van der Waals surface area contributed by atoms with Gasteiger partial charge in [-0.05, 0) is 17.5 Å². The van der Waals surface area contributed by atoms with Crippen LogP contribution in [-0.2, 0) is 15.3 Å². The van der Waals surface area contributed by atoms with Crippen LogP contribution in [-0.4, -0.2) is 36.5 Å². The van der Waals surface area contributed by atoms with Crippen molar-refractivity contribution in [2.45, 2.75) is 26.2 Å². The lowest BCUT2D eigenvalue weighted by Gasteiger charge is -2.27. The Morgan fingerprint density at radius 2 is 2.10 bits per heavy atom. The second-order valence-corrected chi connectivity index (χ2v) is 8.91. The van der Waals surface area contributed by atoms with Crippen LogP contribution in [0.4, 0.5) is 0 Å². The van der Waals surface area contributed by atoms with E-state index in [1.807, 2.05) is 12.3 Å². The molecular formula is C15H20N2O3S. The number of hydrogen-bond acceptors (Lipinski definition) is 4. The molecule has 5 nitrogen and oxygen atoms in total. The third-order valence-corrected chi connectivity index (χ3v) is 5.70. The first kappa shape index (κ1) is 14.4. The maximum atomic E-state index is 11.2. The highest BCUT2D eigenvalue weighted by atomic mass is 32.2. The summed E-state index contributed by atoms with van der Waals surface area (Å²) in [4.78, 5) is 7.62. The van der Waals surface area contributed by atoms with Gasteiger partial charge in [0.15, 0.2) is 9.84 Å². The first-order valence-corrected chi connectivity index (χ1v) is 8.88. The highest BCUT2D eigenvalue weighted by Gasteiger charge is 2.34. The molecule has 0 bridgehead atoms. The number of sulfone groups is 1. The maximum Gasteiger partial charge on any atom is 0.219 e. The third kappa shape index (κ3) is 2.90. The summed E-state index contributed by atoms with van der Waals surface area (Å²) in [6.45, 7) is 6.75. The SMILES string of the molecule is CC(C)(C)c1cc2cc[nH]c2nc1OCC1CS(=O)(=O)C1. The fourth-order valence-electron chi connectivity index (χ4n) is 2.57. The standard InChI is InChI=1S/C15H20N2O3S/c1-15(2,3)12-6-11-4-5-16-13(11)17-14(12)20-7-10-8-21(18,19)9-10/h4-6,10H,7-9H2,1-3H3,(H,16,17). The van der Waals surface area contributed by atoms with Crippen LogP contribution < -0.4 is 4.74 Å². The molecule has 0 aromatic carbocycles. The van der Waals surface area contributed by atoms with E-state index in [1.54, 1.807) is 0 Å². The zero-order valence-electron chi connectivity index (χ0n) is 12.5. The molecule has 1 aliphatic heterocycles. The van der Waals surface area contributed by atoms with Gasteiger partial charge in [0.25, 0.3) is 0 Å². The van der Waals surface area contributed by atoms with Crippen LogP contribution in [0, 0.1) is 5.92 Å². The van der Waals surface area contributed by atoms with E-state index < -0.39 is 9.84 Å². The van der Waals surface area contributed by atoms with E-state index in [0.717, 1.165) is 16.6 Å². The molecule has 1 N–H and O–H groups in total. The predicted octanol–water partition coefficient (Wildman–Crippen LogP) is 2.28. The van der Waals surface area contributed by atoms with Gasteiger partial charge < -0.3 is 9.72 Å². The molecule has 1 saturated heterocycles. The average molecular weight is 308 g/mol. The molecule has 0 spiro atoms. The summed E-state index contributed by atoms with van der Waals surface area (Å²) in [5, 5.41) is 1.05. The Morgan fingerprint density at radius 3 is 2.71 bits per heavy atom. The normalized spacial score (nSPS) is 18.6. The van der Waals surface area contributed by atoms with E-state index in [4.69, 9.17) is 4.74 Å². The molecule has 0 unspecified atom stereocenters. The number of aromatic nitrogens is 2. The summed E-state index contributed by atoms with van der Waals surface area (Å²) >= 11 is 0. The Labute approximate surface area is 124 Å². The van der Waals surface area contributed by atoms with Gasteiger partial charge in [0.1, 0.15) is 5.65 Å². The molecule has 0 amide bonds. The van der Waals surface area contributed by atoms with Crippen molar-refractivity contribution in [2.24, 2.45) is 5.92 Å². The fraction of sp³-hybridized carbons (Fsp3) is 0.533. The summed E-state index contributed by atoms with van der Waals surface area (Å²) in [6.07, 6.45) is 1.85. The van der Waals surface area contributed by atoms with Gasteiger partial charge in [-0.1, -0.05) is 20.8 Å². The van der Waals surface area contributed by atoms with Crippen molar-refractivity contribution < 1.29 is 13.2 Å². The highest BCUT2D eigenvalue weighted by Crippen LogP contribution is 2.33. The lowest BCUT2D eigenvalue weighted by molar-refractivity contribution is 0.249. The van der Waals surface area contributed by atoms with Crippen molar-refractivity contribution in [1.82, 2.24) is 9.97 Å². The highest BCUT2D eigenvalue weighted by molar-refractivity contribution is 7.92. The molecule has 2 aromatic heterocycles. The summed E-state index contributed by atoms with van der Waals surface area (Å²) in [7, 11) is -2.81. The molecular weight excluding hydrogens is 288 g/mol. The van der Waals surface area contributed by atoms with Crippen LogP contribution in [0.3, 0.4) is 0 Å². The van der Waals surface area contributed by atoms with E-state index in [-0.39, 0.29) is 22.8 Å². The van der Waals surface area contributed by atoms with Crippen molar-refractivity contribution in [1.29, 1.82) is 0 Å². The number of rotatable bonds is 3. The van der Waals surface area contributed by atoms with Crippen molar-refractivity contribution in [3.63, 3.8) is 0 Å². The molecule has 1 aliphatic rings. The van der Waals surface area contributed by atoms with E-state index in [9.17, 15) is 8.42 Å². The Kier molecular flexibility index (Phi) is 3.24. The monoisotopic (exact) mass is 308 g/mol. The van der Waals surface area contributed by atoms with Gasteiger partial charge in [-0.15, -0.1) is 0 Å². The predicted molar refractivity (Wildman–Crippen MR) is 82.4 cm³/mol. The molecule has 6 heteroatoms. The molecule has 114 valence electrons. The Balaban J connectivity index is 1.85. The van der Waals surface area contributed by atoms with Crippen LogP contribution in [0.15, 0.2) is 18.3 Å². The van der Waals surface area contributed by atoms with Gasteiger partial charge in [-0.3, -0.25) is 0 Å². The number of pyridine rings is 1. The Morgan fingerprint density at radius 1 is 1.38 bits per heavy atom. The Hall–Kier alpha value is -1.56. The van der Waals surface area contributed by atoms with E-state index >= 15 is 0 Å². The fourth-order valence-corrected chi connectivity index (χ4v) is 4.11. The number of ether oxygens (including phenoxy) is 1. The lowest BCUT2D eigenvalue weighted by atomic mass is 9.87. The minimum Gasteiger partial charge on any atom is -0.477 e. The second-order valence-electron chi connectivity index (χ2n) is 6.76. The molecule has 1 fully saturated rings. The molecule has 3 rings (SSSR count). The van der Waals surface area contributed by atoms with Crippen molar-refractivity contribution in [2.75, 3.05) is 18.1 Å². The first-order valence-electron chi connectivity index (χ1n) is 7.06. The molecule has 0 saturated carbocycles. The van der Waals surface area contributed by atoms with Gasteiger partial charge in [-0.2, -0.15) is 4.98 Å². The second kappa shape index (κ2) is 4.73. The number of fused-ring (bicyclic) bond motifs is 1. The minimum atomic E-state index is -2.81. The smallest absolute Gasteiger partial charge is 0.219 e. The van der Waals surface area contributed by atoms with Gasteiger partial charge in [0, 0.05) is 23.1 Å². The van der Waals surface area contributed by atoms with E-state index in [2.05, 4.69) is 36.8 Å². The van der Waals surface area contributed by atoms with Gasteiger partial charge in [0.05, 0.1) is 18.1 Å². The molecule has 0 aliphatic carbocycles. The molecule has 2 aromatic rings. The van der Waals surface area contributed by atoms with Crippen LogP contribution in [0.25, 0.3) is 11.0 Å². The molecule has 3 heterocycles. The number of H-pyrrole nitrogens is 1. The van der Waals surface area contributed by atoms with Crippen LogP contribution in [0.1, 0.15) is 26.3 Å². The zero-order chi connectivity index (χ0) is 15.3. The number of nitrogens with one attached hydrogen (secondary N) is 1. The van der Waals surface area contributed by atoms with Gasteiger partial charge in [-0.25, -0.2) is 8.42 Å². The molecule has 0 radical (unpaired) electrons. The van der Waals surface area contributed by atoms with Gasteiger partial charge in [0.2, 0.25) is 5.88 Å². The molecule has 0 atom stereocenters. The van der Waals surface area contributed by atoms with Crippen LogP contribution in [0.5, 0.6) is 5.88 Å². The van der Waals surface area contributed by atoms with Crippen molar-refractivity contribution in [3.05, 3.63) is 23.9 Å². The summed E-state index contributed by atoms with van der Waals surface area (Å²) in [5.74, 6) is 1.14. The van der Waals surface area contributed by atoms with Crippen molar-refractivity contribution in [3.8, 4) is 5.88 Å². The molecule has 21 heavy (non-hydrogen) atoms. The van der Waals surface area contributed by atoms with E-state index in [0.29, 0.717) is 12.5 Å².